The molecule has 18 heavy (non-hydrogen) atoms. The number of nitrogens with two attached hydrogens (primary N) is 1. The number of carbonyl (C=O) groups excluding carboxylic acids is 1. The molecule has 1 amide bonds. The van der Waals surface area contributed by atoms with Crippen molar-refractivity contribution in [2.24, 2.45) is 5.10 Å². The van der Waals surface area contributed by atoms with Gasteiger partial charge in [-0.15, -0.1) is 0 Å². The minimum absolute atomic E-state index is 0.0723. The number of hydrogen-bond acceptors (Lipinski definition) is 6. The van der Waals surface area contributed by atoms with E-state index in [1.807, 2.05) is 24.3 Å². The summed E-state index contributed by atoms with van der Waals surface area (Å²) < 4.78 is 5.38. The van der Waals surface area contributed by atoms with Gasteiger partial charge in [-0.1, -0.05) is 12.1 Å². The van der Waals surface area contributed by atoms with E-state index in [0.29, 0.717) is 0 Å². The Hall–Kier alpha value is -1.97. The van der Waals surface area contributed by atoms with Gasteiger partial charge in [-0.05, 0) is 50.6 Å². The molecule has 0 saturated heterocycles. The first-order chi connectivity index (χ1) is 8.66. The second-order valence-corrected chi connectivity index (χ2v) is 4.50. The second kappa shape index (κ2) is 5.58. The van der Waals surface area contributed by atoms with Gasteiger partial charge in [-0.3, -0.25) is 4.79 Å². The number of hydrazone groups is 1. The molecule has 0 atom stereocenters. The zero-order valence-electron chi connectivity index (χ0n) is 9.00. The van der Waals surface area contributed by atoms with Gasteiger partial charge in [0.1, 0.15) is 0 Å². The first kappa shape index (κ1) is 12.5. The number of nitrogen functional groups attached to an aromatic ring is 1. The van der Waals surface area contributed by atoms with Crippen molar-refractivity contribution in [3.63, 3.8) is 0 Å². The minimum atomic E-state index is -0.573. The minimum Gasteiger partial charge on any atom is -0.379 e. The van der Waals surface area contributed by atoms with Gasteiger partial charge < -0.3 is 5.73 Å². The summed E-state index contributed by atoms with van der Waals surface area (Å²) in [5, 5.41) is 10.4. The Labute approximate surface area is 116 Å². The number of aromatic nitrogens is 2. The molecule has 8 heteroatoms. The van der Waals surface area contributed by atoms with Crippen molar-refractivity contribution in [1.82, 2.24) is 15.7 Å². The smallest absolute Gasteiger partial charge is 0.297 e. The summed E-state index contributed by atoms with van der Waals surface area (Å²) in [6.07, 6.45) is 1.52. The number of halogens is 1. The fourth-order valence-electron chi connectivity index (χ4n) is 1.16. The quantitative estimate of drug-likeness (QED) is 0.485. The molecule has 0 saturated carbocycles. The Morgan fingerprint density at radius 3 is 3.00 bits per heavy atom. The number of benzene rings is 1. The van der Waals surface area contributed by atoms with Crippen LogP contribution in [-0.2, 0) is 0 Å². The van der Waals surface area contributed by atoms with Gasteiger partial charge in [0.2, 0.25) is 11.5 Å². The Morgan fingerprint density at radius 1 is 1.50 bits per heavy atom. The third-order valence-corrected chi connectivity index (χ3v) is 2.63. The van der Waals surface area contributed by atoms with E-state index in [2.05, 4.69) is 48.1 Å². The summed E-state index contributed by atoms with van der Waals surface area (Å²) in [4.78, 5) is 11.5. The van der Waals surface area contributed by atoms with Crippen LogP contribution in [0.25, 0.3) is 0 Å². The Morgan fingerprint density at radius 2 is 2.33 bits per heavy atom. The van der Waals surface area contributed by atoms with Crippen LogP contribution >= 0.6 is 22.6 Å². The standard InChI is InChI=1S/C10H8IN5O2/c11-7-3-1-2-6(4-7)5-13-14-10(17)8-9(12)16-18-15-8/h1-5H,(H2,12,16)(H,14,17). The summed E-state index contributed by atoms with van der Waals surface area (Å²) >= 11 is 2.19. The van der Waals surface area contributed by atoms with Crippen molar-refractivity contribution in [2.75, 3.05) is 5.73 Å². The molecule has 0 aliphatic carbocycles. The van der Waals surface area contributed by atoms with Crippen LogP contribution in [-0.4, -0.2) is 22.4 Å². The molecule has 0 aliphatic rings. The van der Waals surface area contributed by atoms with Crippen molar-refractivity contribution in [3.8, 4) is 0 Å². The highest BCUT2D eigenvalue weighted by Gasteiger charge is 2.14. The zero-order valence-corrected chi connectivity index (χ0v) is 11.2. The maximum Gasteiger partial charge on any atom is 0.297 e. The lowest BCUT2D eigenvalue weighted by Crippen LogP contribution is -2.19. The lowest BCUT2D eigenvalue weighted by Gasteiger charge is -1.96. The Bertz CT molecular complexity index is 595. The first-order valence-corrected chi connectivity index (χ1v) is 5.91. The maximum atomic E-state index is 11.5. The van der Waals surface area contributed by atoms with E-state index in [9.17, 15) is 4.79 Å². The molecule has 0 radical (unpaired) electrons. The van der Waals surface area contributed by atoms with Crippen molar-refractivity contribution in [1.29, 1.82) is 0 Å². The first-order valence-electron chi connectivity index (χ1n) is 4.84. The van der Waals surface area contributed by atoms with E-state index in [-0.39, 0.29) is 11.5 Å². The van der Waals surface area contributed by atoms with Crippen molar-refractivity contribution in [2.45, 2.75) is 0 Å². The van der Waals surface area contributed by atoms with Gasteiger partial charge >= 0.3 is 0 Å². The predicted octanol–water partition coefficient (Wildman–Crippen LogP) is 1.02. The highest BCUT2D eigenvalue weighted by atomic mass is 127. The molecule has 1 heterocycles. The normalized spacial score (nSPS) is 10.7. The lowest BCUT2D eigenvalue weighted by atomic mass is 10.2. The lowest BCUT2D eigenvalue weighted by molar-refractivity contribution is 0.0946. The van der Waals surface area contributed by atoms with Gasteiger partial charge in [0.25, 0.3) is 5.91 Å². The molecule has 3 N–H and O–H groups in total. The van der Waals surface area contributed by atoms with Crippen LogP contribution in [0.15, 0.2) is 34.0 Å². The van der Waals surface area contributed by atoms with E-state index >= 15 is 0 Å². The van der Waals surface area contributed by atoms with Crippen LogP contribution in [0.3, 0.4) is 0 Å². The van der Waals surface area contributed by atoms with E-state index in [1.165, 1.54) is 6.21 Å². The van der Waals surface area contributed by atoms with Crippen molar-refractivity contribution >= 4 is 40.5 Å². The zero-order chi connectivity index (χ0) is 13.0. The fourth-order valence-corrected chi connectivity index (χ4v) is 1.73. The number of nitrogens with zero attached hydrogens (tertiary/aromatic N) is 3. The summed E-state index contributed by atoms with van der Waals surface area (Å²) in [6, 6.07) is 7.63. The van der Waals surface area contributed by atoms with Crippen LogP contribution in [0.5, 0.6) is 0 Å². The number of anilines is 1. The summed E-state index contributed by atoms with van der Waals surface area (Å²) in [7, 11) is 0. The fraction of sp³-hybridized carbons (Fsp3) is 0. The van der Waals surface area contributed by atoms with Gasteiger partial charge in [-0.2, -0.15) is 5.10 Å². The van der Waals surface area contributed by atoms with Crippen LogP contribution in [0.1, 0.15) is 16.1 Å². The van der Waals surface area contributed by atoms with Gasteiger partial charge in [0.05, 0.1) is 6.21 Å². The molecule has 2 aromatic rings. The molecule has 1 aromatic heterocycles. The topological polar surface area (TPSA) is 106 Å². The summed E-state index contributed by atoms with van der Waals surface area (Å²) in [5.74, 6) is -0.646. The van der Waals surface area contributed by atoms with Crippen LogP contribution in [0.2, 0.25) is 0 Å². The second-order valence-electron chi connectivity index (χ2n) is 3.25. The maximum absolute atomic E-state index is 11.5. The SMILES string of the molecule is Nc1nonc1C(=O)NN=Cc1cccc(I)c1. The summed E-state index contributed by atoms with van der Waals surface area (Å²) in [5.41, 5.74) is 8.42. The van der Waals surface area contributed by atoms with Crippen molar-refractivity contribution in [3.05, 3.63) is 39.1 Å². The molecular formula is C10H8IN5O2. The molecule has 92 valence electrons. The third kappa shape index (κ3) is 3.03. The average Bonchev–Trinajstić information content (AvgIpc) is 2.75. The molecule has 0 unspecified atom stereocenters. The number of rotatable bonds is 3. The molecule has 2 rings (SSSR count). The van der Waals surface area contributed by atoms with Gasteiger partial charge in [-0.25, -0.2) is 10.1 Å². The Balaban J connectivity index is 2.00. The monoisotopic (exact) mass is 357 g/mol. The highest BCUT2D eigenvalue weighted by Crippen LogP contribution is 2.06. The third-order valence-electron chi connectivity index (χ3n) is 1.96. The molecule has 0 aliphatic heterocycles. The highest BCUT2D eigenvalue weighted by molar-refractivity contribution is 14.1. The van der Waals surface area contributed by atoms with E-state index in [4.69, 9.17) is 5.73 Å². The molecular weight excluding hydrogens is 349 g/mol. The molecule has 0 fully saturated rings. The molecule has 1 aromatic carbocycles. The van der Waals surface area contributed by atoms with E-state index < -0.39 is 5.91 Å². The largest absolute Gasteiger partial charge is 0.379 e. The van der Waals surface area contributed by atoms with Crippen molar-refractivity contribution < 1.29 is 9.42 Å². The van der Waals surface area contributed by atoms with Gasteiger partial charge in [0, 0.05) is 3.57 Å². The Kier molecular flexibility index (Phi) is 3.87. The summed E-state index contributed by atoms with van der Waals surface area (Å²) in [6.45, 7) is 0. The van der Waals surface area contributed by atoms with E-state index in [0.717, 1.165) is 9.13 Å². The van der Waals surface area contributed by atoms with Gasteiger partial charge in [0.15, 0.2) is 0 Å². The number of carbonyl (C=O) groups is 1. The average molecular weight is 357 g/mol. The predicted molar refractivity (Wildman–Crippen MR) is 72.9 cm³/mol. The van der Waals surface area contributed by atoms with E-state index in [1.54, 1.807) is 0 Å². The van der Waals surface area contributed by atoms with Crippen LogP contribution in [0.4, 0.5) is 5.82 Å². The van der Waals surface area contributed by atoms with Crippen LogP contribution < -0.4 is 11.2 Å². The van der Waals surface area contributed by atoms with Crippen LogP contribution in [0, 0.1) is 3.57 Å². The number of hydrogen-bond donors (Lipinski definition) is 2. The molecule has 0 spiro atoms. The molecule has 0 bridgehead atoms. The number of nitrogens with one attached hydrogen (secondary N) is 1. The molecule has 7 nitrogen and oxygen atoms in total. The number of amides is 1.